The summed E-state index contributed by atoms with van der Waals surface area (Å²) in [7, 11) is 0. The van der Waals surface area contributed by atoms with Gasteiger partial charge >= 0.3 is 5.97 Å². The molecule has 12 heteroatoms. The molecule has 1 saturated heterocycles. The third-order valence-corrected chi connectivity index (χ3v) is 7.01. The van der Waals surface area contributed by atoms with Crippen molar-refractivity contribution >= 4 is 69.7 Å². The molecule has 0 unspecified atom stereocenters. The summed E-state index contributed by atoms with van der Waals surface area (Å²) in [4.78, 5) is 63.2. The van der Waals surface area contributed by atoms with E-state index >= 15 is 0 Å². The zero-order chi connectivity index (χ0) is 30.2. The van der Waals surface area contributed by atoms with Crippen LogP contribution in [0.15, 0.2) is 71.6 Å². The van der Waals surface area contributed by atoms with E-state index < -0.39 is 29.6 Å². The molecule has 0 atom stereocenters. The molecule has 0 bridgehead atoms. The SMILES string of the molecule is CCOC(=O)c1cc(NC(=O)CN2C(=O)S/C(=C/c3ccc(OCC(=O)Nc4cccc(C)c4)cc3)C2=O)ccc1Cl. The van der Waals surface area contributed by atoms with Gasteiger partial charge in [-0.1, -0.05) is 35.9 Å². The molecule has 1 aliphatic heterocycles. The number of hydrogen-bond donors (Lipinski definition) is 2. The Kier molecular flexibility index (Phi) is 10.00. The van der Waals surface area contributed by atoms with Crippen LogP contribution >= 0.6 is 23.4 Å². The van der Waals surface area contributed by atoms with Crippen LogP contribution in [-0.4, -0.2) is 53.6 Å². The number of imide groups is 1. The highest BCUT2D eigenvalue weighted by atomic mass is 35.5. The zero-order valence-corrected chi connectivity index (χ0v) is 24.2. The fourth-order valence-corrected chi connectivity index (χ4v) is 4.86. The van der Waals surface area contributed by atoms with E-state index in [0.717, 1.165) is 10.5 Å². The predicted octanol–water partition coefficient (Wildman–Crippen LogP) is 5.52. The van der Waals surface area contributed by atoms with Gasteiger partial charge in [0, 0.05) is 11.4 Å². The highest BCUT2D eigenvalue weighted by Gasteiger charge is 2.36. The van der Waals surface area contributed by atoms with Crippen LogP contribution in [0.3, 0.4) is 0 Å². The maximum absolute atomic E-state index is 12.9. The van der Waals surface area contributed by atoms with Gasteiger partial charge in [0.25, 0.3) is 17.1 Å². The van der Waals surface area contributed by atoms with E-state index in [-0.39, 0.29) is 40.3 Å². The molecule has 2 N–H and O–H groups in total. The number of carbonyl (C=O) groups is 5. The summed E-state index contributed by atoms with van der Waals surface area (Å²) in [6.45, 7) is 3.04. The van der Waals surface area contributed by atoms with Crippen molar-refractivity contribution in [1.82, 2.24) is 4.90 Å². The van der Waals surface area contributed by atoms with Crippen LogP contribution in [-0.2, 0) is 19.1 Å². The van der Waals surface area contributed by atoms with E-state index in [9.17, 15) is 24.0 Å². The number of anilines is 2. The molecule has 1 heterocycles. The summed E-state index contributed by atoms with van der Waals surface area (Å²) in [5.74, 6) is -1.75. The standard InChI is InChI=1S/C30H26ClN3O7S/c1-3-40-29(38)23-15-21(9-12-24(23)31)32-26(35)16-34-28(37)25(42-30(34)39)14-19-7-10-22(11-8-19)41-17-27(36)33-20-6-4-5-18(2)13-20/h4-15H,3,16-17H2,1-2H3,(H,32,35)(H,33,36)/b25-14+. The summed E-state index contributed by atoms with van der Waals surface area (Å²) in [5, 5.41) is 4.89. The molecule has 1 aliphatic rings. The Morgan fingerprint density at radius 3 is 2.38 bits per heavy atom. The van der Waals surface area contributed by atoms with Crippen LogP contribution in [0.5, 0.6) is 5.75 Å². The van der Waals surface area contributed by atoms with E-state index in [1.54, 1.807) is 37.3 Å². The molecule has 3 aromatic carbocycles. The Balaban J connectivity index is 1.32. The number of aryl methyl sites for hydroxylation is 1. The average molecular weight is 608 g/mol. The first-order valence-corrected chi connectivity index (χ1v) is 13.9. The molecule has 0 aromatic heterocycles. The van der Waals surface area contributed by atoms with Gasteiger partial charge in [0.2, 0.25) is 5.91 Å². The van der Waals surface area contributed by atoms with Crippen LogP contribution in [0, 0.1) is 6.92 Å². The molecule has 0 spiro atoms. The van der Waals surface area contributed by atoms with E-state index in [0.29, 0.717) is 28.8 Å². The molecule has 1 fully saturated rings. The molecule has 216 valence electrons. The van der Waals surface area contributed by atoms with Crippen LogP contribution in [0.2, 0.25) is 5.02 Å². The normalized spacial score (nSPS) is 13.7. The lowest BCUT2D eigenvalue weighted by Crippen LogP contribution is -2.36. The highest BCUT2D eigenvalue weighted by Crippen LogP contribution is 2.32. The Morgan fingerprint density at radius 2 is 1.67 bits per heavy atom. The van der Waals surface area contributed by atoms with Gasteiger partial charge in [-0.3, -0.25) is 24.1 Å². The van der Waals surface area contributed by atoms with Gasteiger partial charge in [0.05, 0.1) is 22.1 Å². The minimum Gasteiger partial charge on any atom is -0.484 e. The van der Waals surface area contributed by atoms with Crippen LogP contribution in [0.1, 0.15) is 28.4 Å². The van der Waals surface area contributed by atoms with Crippen molar-refractivity contribution < 1.29 is 33.4 Å². The van der Waals surface area contributed by atoms with Crippen molar-refractivity contribution in [2.24, 2.45) is 0 Å². The van der Waals surface area contributed by atoms with Gasteiger partial charge in [-0.25, -0.2) is 4.79 Å². The summed E-state index contributed by atoms with van der Waals surface area (Å²) in [5.41, 5.74) is 2.65. The van der Waals surface area contributed by atoms with E-state index in [1.807, 2.05) is 25.1 Å². The monoisotopic (exact) mass is 607 g/mol. The molecule has 0 aliphatic carbocycles. The van der Waals surface area contributed by atoms with Gasteiger partial charge in [0.1, 0.15) is 12.3 Å². The fourth-order valence-electron chi connectivity index (χ4n) is 3.83. The zero-order valence-electron chi connectivity index (χ0n) is 22.6. The van der Waals surface area contributed by atoms with Crippen molar-refractivity contribution in [3.8, 4) is 5.75 Å². The van der Waals surface area contributed by atoms with Gasteiger partial charge in [-0.05, 0) is 85.3 Å². The topological polar surface area (TPSA) is 131 Å². The summed E-state index contributed by atoms with van der Waals surface area (Å²) >= 11 is 6.76. The third-order valence-electron chi connectivity index (χ3n) is 5.77. The number of benzene rings is 3. The van der Waals surface area contributed by atoms with Crippen molar-refractivity contribution in [2.75, 3.05) is 30.4 Å². The second-order valence-corrected chi connectivity index (χ2v) is 10.4. The summed E-state index contributed by atoms with van der Waals surface area (Å²) in [6.07, 6.45) is 1.53. The van der Waals surface area contributed by atoms with E-state index in [4.69, 9.17) is 21.1 Å². The molecule has 42 heavy (non-hydrogen) atoms. The lowest BCUT2D eigenvalue weighted by atomic mass is 10.2. The van der Waals surface area contributed by atoms with Crippen LogP contribution in [0.25, 0.3) is 6.08 Å². The molecular formula is C30H26ClN3O7S. The van der Waals surface area contributed by atoms with Gasteiger partial charge < -0.3 is 20.1 Å². The minimum atomic E-state index is -0.641. The number of nitrogens with one attached hydrogen (secondary N) is 2. The molecule has 3 aromatic rings. The minimum absolute atomic E-state index is 0.0763. The average Bonchev–Trinajstić information content (AvgIpc) is 3.21. The number of carbonyl (C=O) groups excluding carboxylic acids is 5. The molecular weight excluding hydrogens is 582 g/mol. The number of esters is 1. The third kappa shape index (κ3) is 7.99. The smallest absolute Gasteiger partial charge is 0.339 e. The molecule has 4 amide bonds. The van der Waals surface area contributed by atoms with Crippen molar-refractivity contribution in [2.45, 2.75) is 13.8 Å². The molecule has 0 radical (unpaired) electrons. The molecule has 10 nitrogen and oxygen atoms in total. The van der Waals surface area contributed by atoms with Crippen LogP contribution < -0.4 is 15.4 Å². The highest BCUT2D eigenvalue weighted by molar-refractivity contribution is 8.18. The summed E-state index contributed by atoms with van der Waals surface area (Å²) < 4.78 is 10.5. The second-order valence-electron chi connectivity index (χ2n) is 9.01. The number of rotatable bonds is 10. The first-order valence-electron chi connectivity index (χ1n) is 12.7. The number of nitrogens with zero attached hydrogens (tertiary/aromatic N) is 1. The largest absolute Gasteiger partial charge is 0.484 e. The quantitative estimate of drug-likeness (QED) is 0.228. The second kappa shape index (κ2) is 13.8. The van der Waals surface area contributed by atoms with Gasteiger partial charge in [-0.2, -0.15) is 0 Å². The van der Waals surface area contributed by atoms with Gasteiger partial charge in [-0.15, -0.1) is 0 Å². The lowest BCUT2D eigenvalue weighted by Gasteiger charge is -2.13. The van der Waals surface area contributed by atoms with Gasteiger partial charge in [0.15, 0.2) is 6.61 Å². The maximum atomic E-state index is 12.9. The molecule has 0 saturated carbocycles. The number of ether oxygens (including phenoxy) is 2. The fraction of sp³-hybridized carbons (Fsp3) is 0.167. The number of thioether (sulfide) groups is 1. The van der Waals surface area contributed by atoms with Crippen molar-refractivity contribution in [1.29, 1.82) is 0 Å². The van der Waals surface area contributed by atoms with Crippen molar-refractivity contribution in [3.05, 3.63) is 93.3 Å². The Hall–Kier alpha value is -4.61. The molecule has 4 rings (SSSR count). The maximum Gasteiger partial charge on any atom is 0.339 e. The Bertz CT molecular complexity index is 1570. The first kappa shape index (κ1) is 30.4. The van der Waals surface area contributed by atoms with E-state index in [1.165, 1.54) is 24.3 Å². The Morgan fingerprint density at radius 1 is 0.952 bits per heavy atom. The number of halogens is 1. The van der Waals surface area contributed by atoms with Crippen molar-refractivity contribution in [3.63, 3.8) is 0 Å². The first-order chi connectivity index (χ1) is 20.1. The van der Waals surface area contributed by atoms with Crippen LogP contribution in [0.4, 0.5) is 16.2 Å². The predicted molar refractivity (Wildman–Crippen MR) is 160 cm³/mol. The number of hydrogen-bond acceptors (Lipinski definition) is 8. The lowest BCUT2D eigenvalue weighted by molar-refractivity contribution is -0.127. The summed E-state index contributed by atoms with van der Waals surface area (Å²) in [6, 6.07) is 18.3. The van der Waals surface area contributed by atoms with E-state index in [2.05, 4.69) is 10.6 Å². The number of amides is 4. The Labute approximate surface area is 251 Å².